The zero-order valence-electron chi connectivity index (χ0n) is 7.64. The van der Waals surface area contributed by atoms with E-state index >= 15 is 0 Å². The van der Waals surface area contributed by atoms with Crippen LogP contribution in [0.1, 0.15) is 13.3 Å². The van der Waals surface area contributed by atoms with Crippen LogP contribution in [-0.2, 0) is 16.1 Å². The van der Waals surface area contributed by atoms with Crippen LogP contribution >= 0.6 is 0 Å². The molecule has 0 aliphatic heterocycles. The number of carbonyl (C=O) groups excluding carboxylic acids is 1. The summed E-state index contributed by atoms with van der Waals surface area (Å²) in [6, 6.07) is 0. The lowest BCUT2D eigenvalue weighted by Gasteiger charge is -2.11. The van der Waals surface area contributed by atoms with E-state index in [0.717, 1.165) is 12.7 Å². The van der Waals surface area contributed by atoms with Crippen LogP contribution in [-0.4, -0.2) is 28.5 Å². The molecule has 1 atom stereocenters. The van der Waals surface area contributed by atoms with Crippen molar-refractivity contribution in [3.05, 3.63) is 18.7 Å². The molecule has 0 aromatic carbocycles. The lowest BCUT2D eigenvalue weighted by Crippen LogP contribution is -2.21. The van der Waals surface area contributed by atoms with E-state index in [1.807, 2.05) is 6.92 Å². The summed E-state index contributed by atoms with van der Waals surface area (Å²) >= 11 is 0. The van der Waals surface area contributed by atoms with E-state index in [9.17, 15) is 4.79 Å². The van der Waals surface area contributed by atoms with Gasteiger partial charge in [0.2, 0.25) is 0 Å². The van der Waals surface area contributed by atoms with Gasteiger partial charge < -0.3 is 14.1 Å². The molecule has 1 aromatic heterocycles. The van der Waals surface area contributed by atoms with Crippen molar-refractivity contribution >= 4 is 6.29 Å². The Morgan fingerprint density at radius 3 is 3.15 bits per heavy atom. The number of hydrogen-bond donors (Lipinski definition) is 0. The molecule has 1 radical (unpaired) electrons. The molecule has 0 amide bonds. The Kier molecular flexibility index (Phi) is 4.18. The van der Waals surface area contributed by atoms with Crippen molar-refractivity contribution in [3.63, 3.8) is 0 Å². The number of imidazole rings is 1. The van der Waals surface area contributed by atoms with Crippen LogP contribution in [0.4, 0.5) is 0 Å². The number of rotatable bonds is 6. The fourth-order valence-electron chi connectivity index (χ4n) is 0.960. The minimum absolute atomic E-state index is 0.373. The predicted octanol–water partition coefficient (Wildman–Crippen LogP) is 0.677. The van der Waals surface area contributed by atoms with E-state index in [-0.39, 0.29) is 6.10 Å². The van der Waals surface area contributed by atoms with Crippen LogP contribution in [0.2, 0.25) is 0 Å². The average molecular weight is 181 g/mol. The first-order valence-electron chi connectivity index (χ1n) is 4.31. The maximum Gasteiger partial charge on any atom is 0.150 e. The van der Waals surface area contributed by atoms with Gasteiger partial charge in [0.25, 0.3) is 0 Å². The van der Waals surface area contributed by atoms with E-state index in [1.54, 1.807) is 17.1 Å². The number of aromatic nitrogens is 2. The highest BCUT2D eigenvalue weighted by Crippen LogP contribution is 1.95. The molecule has 1 rings (SSSR count). The summed E-state index contributed by atoms with van der Waals surface area (Å²) in [7, 11) is 0. The van der Waals surface area contributed by atoms with E-state index in [4.69, 9.17) is 4.74 Å². The van der Waals surface area contributed by atoms with Gasteiger partial charge in [0.05, 0.1) is 12.9 Å². The largest absolute Gasteiger partial charge is 0.369 e. The molecule has 13 heavy (non-hydrogen) atoms. The summed E-state index contributed by atoms with van der Waals surface area (Å²) in [6.45, 7) is 3.13. The zero-order valence-corrected chi connectivity index (χ0v) is 7.64. The first-order valence-corrected chi connectivity index (χ1v) is 4.31. The molecule has 1 unspecified atom stereocenters. The van der Waals surface area contributed by atoms with Crippen LogP contribution in [0.3, 0.4) is 0 Å². The van der Waals surface area contributed by atoms with Gasteiger partial charge in [-0.15, -0.1) is 0 Å². The highest BCUT2D eigenvalue weighted by atomic mass is 16.5. The summed E-state index contributed by atoms with van der Waals surface area (Å²) in [6.07, 6.45) is 7.32. The van der Waals surface area contributed by atoms with Gasteiger partial charge in [0.1, 0.15) is 12.3 Å². The first kappa shape index (κ1) is 9.92. The third-order valence-electron chi connectivity index (χ3n) is 1.58. The topological polar surface area (TPSA) is 44.1 Å². The fraction of sp³-hybridized carbons (Fsp3) is 0.556. The second kappa shape index (κ2) is 5.48. The molecule has 4 heteroatoms. The maximum absolute atomic E-state index is 10.6. The number of carbonyl (C=O) groups is 1. The van der Waals surface area contributed by atoms with Gasteiger partial charge in [0, 0.05) is 12.8 Å². The normalized spacial score (nSPS) is 12.7. The average Bonchev–Trinajstić information content (AvgIpc) is 2.64. The highest BCUT2D eigenvalue weighted by molar-refractivity contribution is 5.55. The number of hydrogen-bond acceptors (Lipinski definition) is 3. The van der Waals surface area contributed by atoms with Gasteiger partial charge in [-0.1, -0.05) is 6.92 Å². The Bertz CT molecular complexity index is 234. The molecule has 1 heterocycles. The van der Waals surface area contributed by atoms with Gasteiger partial charge >= 0.3 is 0 Å². The Hall–Kier alpha value is -1.16. The van der Waals surface area contributed by atoms with E-state index in [2.05, 4.69) is 11.2 Å². The van der Waals surface area contributed by atoms with Gasteiger partial charge in [-0.2, -0.15) is 0 Å². The lowest BCUT2D eigenvalue weighted by atomic mass is 10.4. The maximum atomic E-state index is 10.6. The Balaban J connectivity index is 2.35. The molecule has 0 aliphatic carbocycles. The Morgan fingerprint density at radius 2 is 2.62 bits per heavy atom. The number of nitrogens with zero attached hydrogens (tertiary/aromatic N) is 2. The second-order valence-corrected chi connectivity index (χ2v) is 2.74. The van der Waals surface area contributed by atoms with Gasteiger partial charge in [0.15, 0.2) is 6.29 Å². The van der Waals surface area contributed by atoms with Gasteiger partial charge in [-0.25, -0.2) is 4.98 Å². The van der Waals surface area contributed by atoms with Crippen LogP contribution < -0.4 is 0 Å². The molecule has 1 aromatic rings. The quantitative estimate of drug-likeness (QED) is 0.606. The molecule has 4 nitrogen and oxygen atoms in total. The van der Waals surface area contributed by atoms with Crippen molar-refractivity contribution in [1.82, 2.24) is 9.55 Å². The molecule has 71 valence electrons. The van der Waals surface area contributed by atoms with Crippen molar-refractivity contribution in [1.29, 1.82) is 0 Å². The van der Waals surface area contributed by atoms with Crippen LogP contribution in [0.25, 0.3) is 0 Å². The Labute approximate surface area is 77.5 Å². The van der Waals surface area contributed by atoms with Crippen LogP contribution in [0.15, 0.2) is 12.5 Å². The molecule has 0 aliphatic rings. The summed E-state index contributed by atoms with van der Waals surface area (Å²) in [5.41, 5.74) is 0. The fourth-order valence-corrected chi connectivity index (χ4v) is 0.960. The summed E-state index contributed by atoms with van der Waals surface area (Å²) < 4.78 is 7.06. The summed E-state index contributed by atoms with van der Waals surface area (Å²) in [5.74, 6) is 0. The minimum Gasteiger partial charge on any atom is -0.369 e. The van der Waals surface area contributed by atoms with Crippen molar-refractivity contribution in [2.75, 3.05) is 6.61 Å². The molecule has 0 saturated carbocycles. The van der Waals surface area contributed by atoms with Gasteiger partial charge in [-0.3, -0.25) is 0 Å². The number of aldehydes is 1. The zero-order chi connectivity index (χ0) is 9.52. The molecular formula is C9H13N2O2. The summed E-state index contributed by atoms with van der Waals surface area (Å²) in [5, 5.41) is 0. The standard InChI is InChI=1S/C9H13N2O2/c1-2-5-13-9(7-12)6-11-4-3-10-8-11/h4,7-9H,2,5-6H2,1H3. The predicted molar refractivity (Wildman–Crippen MR) is 47.2 cm³/mol. The lowest BCUT2D eigenvalue weighted by molar-refractivity contribution is -0.118. The third-order valence-corrected chi connectivity index (χ3v) is 1.58. The molecule has 0 saturated heterocycles. The van der Waals surface area contributed by atoms with Crippen molar-refractivity contribution in [2.24, 2.45) is 0 Å². The molecule has 0 bridgehead atoms. The monoisotopic (exact) mass is 181 g/mol. The van der Waals surface area contributed by atoms with Crippen molar-refractivity contribution in [2.45, 2.75) is 26.0 Å². The molecule has 0 fully saturated rings. The van der Waals surface area contributed by atoms with Crippen molar-refractivity contribution < 1.29 is 9.53 Å². The van der Waals surface area contributed by atoms with E-state index in [1.165, 1.54) is 0 Å². The molecule has 0 N–H and O–H groups in total. The van der Waals surface area contributed by atoms with E-state index < -0.39 is 0 Å². The Morgan fingerprint density at radius 1 is 1.77 bits per heavy atom. The molecule has 0 spiro atoms. The molecular weight excluding hydrogens is 168 g/mol. The van der Waals surface area contributed by atoms with Crippen LogP contribution in [0, 0.1) is 6.20 Å². The summed E-state index contributed by atoms with van der Waals surface area (Å²) in [4.78, 5) is 14.3. The number of ether oxygens (including phenoxy) is 1. The SMILES string of the molecule is CCCOC(C=O)Cn1c[c]nc1. The first-order chi connectivity index (χ1) is 6.36. The van der Waals surface area contributed by atoms with Crippen molar-refractivity contribution in [3.8, 4) is 0 Å². The van der Waals surface area contributed by atoms with E-state index in [0.29, 0.717) is 13.2 Å². The van der Waals surface area contributed by atoms with Gasteiger partial charge in [-0.05, 0) is 6.42 Å². The third kappa shape index (κ3) is 3.38. The second-order valence-electron chi connectivity index (χ2n) is 2.74. The minimum atomic E-state index is -0.373. The smallest absolute Gasteiger partial charge is 0.150 e. The highest BCUT2D eigenvalue weighted by Gasteiger charge is 2.06. The van der Waals surface area contributed by atoms with Crippen LogP contribution in [0.5, 0.6) is 0 Å².